The maximum Gasteiger partial charge on any atom is 0.321 e. The van der Waals surface area contributed by atoms with Gasteiger partial charge < -0.3 is 30.1 Å². The van der Waals surface area contributed by atoms with Crippen LogP contribution in [0.5, 0.6) is 5.75 Å². The standard InChI is InChI=1S/C34H34ClN5O4/c1-38(23-24-8-4-3-5-9-24)33(42)29-22-26(36-32(41)28-10-6-7-11-30(28)35)14-17-31(29)39-18-20-40(21-19-39)34(43)37-25-12-15-27(44-2)16-13-25/h3-17,22H,18-21,23H2,1-2H3,(H,36,41)(H,37,43). The van der Waals surface area contributed by atoms with Gasteiger partial charge in [-0.05, 0) is 60.2 Å². The molecule has 0 aliphatic carbocycles. The molecule has 0 bridgehead atoms. The molecule has 44 heavy (non-hydrogen) atoms. The van der Waals surface area contributed by atoms with E-state index in [1.54, 1.807) is 84.6 Å². The lowest BCUT2D eigenvalue weighted by Gasteiger charge is -2.37. The highest BCUT2D eigenvalue weighted by Crippen LogP contribution is 2.28. The Labute approximate surface area is 262 Å². The Kier molecular flexibility index (Phi) is 9.66. The second-order valence-corrected chi connectivity index (χ2v) is 10.9. The van der Waals surface area contributed by atoms with E-state index in [9.17, 15) is 14.4 Å². The number of carbonyl (C=O) groups is 3. The zero-order chi connectivity index (χ0) is 31.1. The van der Waals surface area contributed by atoms with Gasteiger partial charge in [0.1, 0.15) is 5.75 Å². The molecule has 226 valence electrons. The molecule has 4 amide bonds. The fourth-order valence-corrected chi connectivity index (χ4v) is 5.29. The number of nitrogens with zero attached hydrogens (tertiary/aromatic N) is 3. The lowest BCUT2D eigenvalue weighted by Crippen LogP contribution is -2.50. The maximum atomic E-state index is 13.9. The highest BCUT2D eigenvalue weighted by molar-refractivity contribution is 6.34. The van der Waals surface area contributed by atoms with Crippen LogP contribution in [0.3, 0.4) is 0 Å². The number of hydrogen-bond acceptors (Lipinski definition) is 5. The van der Waals surface area contributed by atoms with Crippen molar-refractivity contribution in [2.75, 3.05) is 55.9 Å². The highest BCUT2D eigenvalue weighted by atomic mass is 35.5. The van der Waals surface area contributed by atoms with Gasteiger partial charge in [0, 0.05) is 56.8 Å². The van der Waals surface area contributed by atoms with Gasteiger partial charge in [-0.15, -0.1) is 0 Å². The Morgan fingerprint density at radius 3 is 2.14 bits per heavy atom. The third-order valence-corrected chi connectivity index (χ3v) is 7.79. The molecule has 0 saturated carbocycles. The summed E-state index contributed by atoms with van der Waals surface area (Å²) in [5, 5.41) is 6.16. The quantitative estimate of drug-likeness (QED) is 0.246. The molecular formula is C34H34ClN5O4. The van der Waals surface area contributed by atoms with Gasteiger partial charge >= 0.3 is 6.03 Å². The van der Waals surface area contributed by atoms with Gasteiger partial charge in [-0.3, -0.25) is 9.59 Å². The second kappa shape index (κ2) is 14.0. The van der Waals surface area contributed by atoms with Crippen molar-refractivity contribution in [2.45, 2.75) is 6.54 Å². The minimum Gasteiger partial charge on any atom is -0.497 e. The summed E-state index contributed by atoms with van der Waals surface area (Å²) in [6.45, 7) is 2.43. The number of hydrogen-bond donors (Lipinski definition) is 2. The van der Waals surface area contributed by atoms with Gasteiger partial charge in [0.2, 0.25) is 0 Å². The minimum atomic E-state index is -0.365. The van der Waals surface area contributed by atoms with Crippen molar-refractivity contribution in [3.8, 4) is 5.75 Å². The number of benzene rings is 4. The molecule has 1 saturated heterocycles. The van der Waals surface area contributed by atoms with Crippen molar-refractivity contribution >= 4 is 46.5 Å². The van der Waals surface area contributed by atoms with Gasteiger partial charge in [0.05, 0.1) is 23.3 Å². The van der Waals surface area contributed by atoms with Crippen LogP contribution in [0.25, 0.3) is 0 Å². The zero-order valence-electron chi connectivity index (χ0n) is 24.6. The predicted molar refractivity (Wildman–Crippen MR) is 174 cm³/mol. The van der Waals surface area contributed by atoms with Crippen molar-refractivity contribution in [2.24, 2.45) is 0 Å². The van der Waals surface area contributed by atoms with Crippen LogP contribution in [0, 0.1) is 0 Å². The average Bonchev–Trinajstić information content (AvgIpc) is 3.05. The van der Waals surface area contributed by atoms with Crippen molar-refractivity contribution in [3.63, 3.8) is 0 Å². The Balaban J connectivity index is 1.33. The molecule has 1 heterocycles. The topological polar surface area (TPSA) is 94.2 Å². The highest BCUT2D eigenvalue weighted by Gasteiger charge is 2.26. The smallest absolute Gasteiger partial charge is 0.321 e. The van der Waals surface area contributed by atoms with E-state index < -0.39 is 0 Å². The van der Waals surface area contributed by atoms with Crippen LogP contribution in [0.15, 0.2) is 97.1 Å². The first-order valence-electron chi connectivity index (χ1n) is 14.3. The third kappa shape index (κ3) is 7.30. The Bertz CT molecular complexity index is 1620. The number of ether oxygens (including phenoxy) is 1. The maximum absolute atomic E-state index is 13.9. The van der Waals surface area contributed by atoms with Crippen LogP contribution in [0.1, 0.15) is 26.3 Å². The van der Waals surface area contributed by atoms with Crippen molar-refractivity contribution in [3.05, 3.63) is 119 Å². The van der Waals surface area contributed by atoms with Gasteiger partial charge in [-0.1, -0.05) is 54.1 Å². The zero-order valence-corrected chi connectivity index (χ0v) is 25.4. The van der Waals surface area contributed by atoms with E-state index in [2.05, 4.69) is 15.5 Å². The Morgan fingerprint density at radius 1 is 0.795 bits per heavy atom. The minimum absolute atomic E-state index is 0.183. The summed E-state index contributed by atoms with van der Waals surface area (Å²) in [6.07, 6.45) is 0. The molecule has 0 radical (unpaired) electrons. The molecule has 0 atom stereocenters. The van der Waals surface area contributed by atoms with E-state index in [4.69, 9.17) is 16.3 Å². The summed E-state index contributed by atoms with van der Waals surface area (Å²) in [5.74, 6) is 0.166. The first-order chi connectivity index (χ1) is 21.3. The molecule has 4 aromatic rings. The molecule has 0 aromatic heterocycles. The molecule has 2 N–H and O–H groups in total. The normalized spacial score (nSPS) is 12.8. The van der Waals surface area contributed by atoms with Crippen molar-refractivity contribution in [1.29, 1.82) is 0 Å². The second-order valence-electron chi connectivity index (χ2n) is 10.4. The fourth-order valence-electron chi connectivity index (χ4n) is 5.07. The lowest BCUT2D eigenvalue weighted by molar-refractivity contribution is 0.0785. The molecular weight excluding hydrogens is 578 g/mol. The summed E-state index contributed by atoms with van der Waals surface area (Å²) in [6, 6.07) is 28.9. The van der Waals surface area contributed by atoms with E-state index in [-0.39, 0.29) is 17.8 Å². The van der Waals surface area contributed by atoms with Crippen LogP contribution in [-0.4, -0.2) is 68.0 Å². The van der Waals surface area contributed by atoms with Crippen LogP contribution in [0.2, 0.25) is 5.02 Å². The number of piperazine rings is 1. The fraction of sp³-hybridized carbons (Fsp3) is 0.206. The number of amides is 4. The third-order valence-electron chi connectivity index (χ3n) is 7.46. The molecule has 0 unspecified atom stereocenters. The van der Waals surface area contributed by atoms with Gasteiger partial charge in [-0.25, -0.2) is 4.79 Å². The largest absolute Gasteiger partial charge is 0.497 e. The number of anilines is 3. The number of carbonyl (C=O) groups excluding carboxylic acids is 3. The molecule has 1 aliphatic heterocycles. The molecule has 1 aliphatic rings. The van der Waals surface area contributed by atoms with Crippen molar-refractivity contribution < 1.29 is 19.1 Å². The predicted octanol–water partition coefficient (Wildman–Crippen LogP) is 6.23. The summed E-state index contributed by atoms with van der Waals surface area (Å²) >= 11 is 6.24. The van der Waals surface area contributed by atoms with Crippen LogP contribution >= 0.6 is 11.6 Å². The molecule has 9 nitrogen and oxygen atoms in total. The Hall–Kier alpha value is -5.02. The molecule has 0 spiro atoms. The number of rotatable bonds is 8. The van der Waals surface area contributed by atoms with E-state index in [0.29, 0.717) is 66.0 Å². The monoisotopic (exact) mass is 611 g/mol. The molecule has 5 rings (SSSR count). The number of nitrogens with one attached hydrogen (secondary N) is 2. The lowest BCUT2D eigenvalue weighted by atomic mass is 10.1. The molecule has 4 aromatic carbocycles. The summed E-state index contributed by atoms with van der Waals surface area (Å²) in [7, 11) is 3.35. The van der Waals surface area contributed by atoms with Crippen LogP contribution in [-0.2, 0) is 6.54 Å². The first kappa shape index (κ1) is 30.4. The van der Waals surface area contributed by atoms with Gasteiger partial charge in [-0.2, -0.15) is 0 Å². The molecule has 1 fully saturated rings. The average molecular weight is 612 g/mol. The van der Waals surface area contributed by atoms with Crippen molar-refractivity contribution in [1.82, 2.24) is 9.80 Å². The van der Waals surface area contributed by atoms with Gasteiger partial charge in [0.25, 0.3) is 11.8 Å². The molecule has 10 heteroatoms. The summed E-state index contributed by atoms with van der Waals surface area (Å²) in [5.41, 5.74) is 3.70. The summed E-state index contributed by atoms with van der Waals surface area (Å²) in [4.78, 5) is 45.3. The van der Waals surface area contributed by atoms with E-state index in [0.717, 1.165) is 11.3 Å². The summed E-state index contributed by atoms with van der Waals surface area (Å²) < 4.78 is 5.18. The Morgan fingerprint density at radius 2 is 1.45 bits per heavy atom. The van der Waals surface area contributed by atoms with E-state index in [1.807, 2.05) is 36.4 Å². The number of halogens is 1. The van der Waals surface area contributed by atoms with E-state index in [1.165, 1.54) is 0 Å². The number of urea groups is 1. The number of methoxy groups -OCH3 is 1. The van der Waals surface area contributed by atoms with Crippen LogP contribution in [0.4, 0.5) is 21.9 Å². The van der Waals surface area contributed by atoms with Gasteiger partial charge in [0.15, 0.2) is 0 Å². The first-order valence-corrected chi connectivity index (χ1v) is 14.6. The van der Waals surface area contributed by atoms with Crippen LogP contribution < -0.4 is 20.3 Å². The SMILES string of the molecule is COc1ccc(NC(=O)N2CCN(c3ccc(NC(=O)c4ccccc4Cl)cc3C(=O)N(C)Cc3ccccc3)CC2)cc1. The van der Waals surface area contributed by atoms with E-state index >= 15 is 0 Å².